The van der Waals surface area contributed by atoms with Crippen molar-refractivity contribution in [1.29, 1.82) is 0 Å². The molecule has 1 heterocycles. The highest BCUT2D eigenvalue weighted by Gasteiger charge is 2.26. The molecule has 132 valence electrons. The molecule has 3 rings (SSSR count). The van der Waals surface area contributed by atoms with E-state index < -0.39 is 5.97 Å². The van der Waals surface area contributed by atoms with Crippen molar-refractivity contribution in [1.82, 2.24) is 10.3 Å². The summed E-state index contributed by atoms with van der Waals surface area (Å²) >= 11 is 0. The molecule has 1 aromatic carbocycles. The Morgan fingerprint density at radius 2 is 2.04 bits per heavy atom. The number of carbonyl (C=O) groups excluding carboxylic acids is 2. The molecule has 0 fully saturated rings. The lowest BCUT2D eigenvalue weighted by Crippen LogP contribution is -2.31. The molecule has 0 spiro atoms. The fourth-order valence-corrected chi connectivity index (χ4v) is 3.63. The number of rotatable bonds is 4. The largest absolute Gasteiger partial charge is 0.461 e. The van der Waals surface area contributed by atoms with Crippen LogP contribution in [0.3, 0.4) is 0 Å². The van der Waals surface area contributed by atoms with Crippen molar-refractivity contribution >= 4 is 11.9 Å². The fraction of sp³-hybridized carbons (Fsp3) is 0.400. The zero-order chi connectivity index (χ0) is 18.0. The lowest BCUT2D eigenvalue weighted by molar-refractivity contribution is 0.0519. The molecule has 0 radical (unpaired) electrons. The molecule has 0 saturated heterocycles. The number of ether oxygens (including phenoxy) is 1. The number of carbonyl (C=O) groups is 2. The average molecular weight is 340 g/mol. The van der Waals surface area contributed by atoms with Crippen LogP contribution in [-0.4, -0.2) is 23.5 Å². The van der Waals surface area contributed by atoms with Gasteiger partial charge in [-0.1, -0.05) is 24.3 Å². The van der Waals surface area contributed by atoms with Gasteiger partial charge in [0.2, 0.25) is 0 Å². The van der Waals surface area contributed by atoms with Crippen molar-refractivity contribution in [3.63, 3.8) is 0 Å². The number of amides is 1. The number of H-pyrrole nitrogens is 1. The van der Waals surface area contributed by atoms with Gasteiger partial charge >= 0.3 is 5.97 Å². The van der Waals surface area contributed by atoms with Crippen molar-refractivity contribution in [2.24, 2.45) is 0 Å². The predicted octanol–water partition coefficient (Wildman–Crippen LogP) is 3.62. The van der Waals surface area contributed by atoms with Gasteiger partial charge in [-0.15, -0.1) is 0 Å². The lowest BCUT2D eigenvalue weighted by Gasteiger charge is -2.26. The fourth-order valence-electron chi connectivity index (χ4n) is 3.63. The highest BCUT2D eigenvalue weighted by atomic mass is 16.5. The first-order valence-corrected chi connectivity index (χ1v) is 8.77. The van der Waals surface area contributed by atoms with Crippen molar-refractivity contribution < 1.29 is 14.3 Å². The first-order valence-electron chi connectivity index (χ1n) is 8.77. The average Bonchev–Trinajstić information content (AvgIpc) is 2.90. The maximum absolute atomic E-state index is 12.9. The van der Waals surface area contributed by atoms with Crippen LogP contribution in [0.25, 0.3) is 0 Å². The second-order valence-electron chi connectivity index (χ2n) is 6.46. The lowest BCUT2D eigenvalue weighted by atomic mass is 9.87. The number of aromatic nitrogens is 1. The van der Waals surface area contributed by atoms with Crippen LogP contribution in [0.15, 0.2) is 24.3 Å². The number of hydrogen-bond acceptors (Lipinski definition) is 3. The van der Waals surface area contributed by atoms with Gasteiger partial charge in [0.05, 0.1) is 18.2 Å². The summed E-state index contributed by atoms with van der Waals surface area (Å²) in [6.45, 7) is 5.65. The summed E-state index contributed by atoms with van der Waals surface area (Å²) in [6.07, 6.45) is 3.04. The minimum absolute atomic E-state index is 0.0113. The number of nitrogens with one attached hydrogen (secondary N) is 2. The monoisotopic (exact) mass is 340 g/mol. The maximum Gasteiger partial charge on any atom is 0.355 e. The van der Waals surface area contributed by atoms with E-state index >= 15 is 0 Å². The zero-order valence-corrected chi connectivity index (χ0v) is 14.9. The Morgan fingerprint density at radius 1 is 1.28 bits per heavy atom. The third-order valence-electron chi connectivity index (χ3n) is 4.82. The Kier molecular flexibility index (Phi) is 4.93. The Bertz CT molecular complexity index is 807. The maximum atomic E-state index is 12.9. The van der Waals surface area contributed by atoms with E-state index in [-0.39, 0.29) is 11.9 Å². The van der Waals surface area contributed by atoms with Gasteiger partial charge in [-0.05, 0) is 56.7 Å². The Balaban J connectivity index is 1.84. The first-order chi connectivity index (χ1) is 12.0. The molecule has 2 N–H and O–H groups in total. The molecule has 1 aliphatic carbocycles. The molecule has 2 aromatic rings. The summed E-state index contributed by atoms with van der Waals surface area (Å²) < 4.78 is 5.05. The van der Waals surface area contributed by atoms with E-state index in [1.54, 1.807) is 20.8 Å². The predicted molar refractivity (Wildman–Crippen MR) is 95.8 cm³/mol. The van der Waals surface area contributed by atoms with Gasteiger partial charge in [-0.2, -0.15) is 0 Å². The number of aryl methyl sites for hydroxylation is 2. The number of fused-ring (bicyclic) bond motifs is 1. The van der Waals surface area contributed by atoms with E-state index in [2.05, 4.69) is 22.4 Å². The van der Waals surface area contributed by atoms with Gasteiger partial charge in [0.1, 0.15) is 5.69 Å². The van der Waals surface area contributed by atoms with E-state index in [0.29, 0.717) is 29.1 Å². The van der Waals surface area contributed by atoms with Crippen molar-refractivity contribution in [3.8, 4) is 0 Å². The van der Waals surface area contributed by atoms with Gasteiger partial charge < -0.3 is 15.0 Å². The zero-order valence-electron chi connectivity index (χ0n) is 14.9. The Hall–Kier alpha value is -2.56. The van der Waals surface area contributed by atoms with Gasteiger partial charge in [0, 0.05) is 5.69 Å². The Labute approximate surface area is 147 Å². The summed E-state index contributed by atoms with van der Waals surface area (Å²) in [5, 5.41) is 3.15. The topological polar surface area (TPSA) is 71.2 Å². The van der Waals surface area contributed by atoms with Crippen molar-refractivity contribution in [3.05, 3.63) is 57.9 Å². The van der Waals surface area contributed by atoms with Crippen LogP contribution in [0.5, 0.6) is 0 Å². The van der Waals surface area contributed by atoms with Crippen LogP contribution in [0.2, 0.25) is 0 Å². The van der Waals surface area contributed by atoms with Crippen LogP contribution in [0.4, 0.5) is 0 Å². The first kappa shape index (κ1) is 17.3. The van der Waals surface area contributed by atoms with Crippen LogP contribution >= 0.6 is 0 Å². The third kappa shape index (κ3) is 3.31. The molecule has 1 amide bonds. The quantitative estimate of drug-likeness (QED) is 0.835. The van der Waals surface area contributed by atoms with Crippen molar-refractivity contribution in [2.45, 2.75) is 46.1 Å². The molecule has 0 aliphatic heterocycles. The molecule has 25 heavy (non-hydrogen) atoms. The summed E-state index contributed by atoms with van der Waals surface area (Å²) in [4.78, 5) is 27.9. The van der Waals surface area contributed by atoms with Gasteiger partial charge in [-0.25, -0.2) is 4.79 Å². The smallest absolute Gasteiger partial charge is 0.355 e. The van der Waals surface area contributed by atoms with E-state index in [1.807, 2.05) is 12.1 Å². The van der Waals surface area contributed by atoms with Crippen molar-refractivity contribution in [2.75, 3.05) is 6.61 Å². The number of hydrogen-bond donors (Lipinski definition) is 2. The molecule has 1 aromatic heterocycles. The number of esters is 1. The van der Waals surface area contributed by atoms with E-state index in [4.69, 9.17) is 4.74 Å². The number of aromatic amines is 1. The summed E-state index contributed by atoms with van der Waals surface area (Å²) in [7, 11) is 0. The number of benzene rings is 1. The molecule has 5 heteroatoms. The SMILES string of the molecule is CCOC(=O)c1[nH]c(C)c(C(=O)N[C@H]2CCCc3ccccc32)c1C. The summed E-state index contributed by atoms with van der Waals surface area (Å²) in [5.41, 5.74) is 4.70. The second kappa shape index (κ2) is 7.13. The normalized spacial score (nSPS) is 16.2. The highest BCUT2D eigenvalue weighted by molar-refractivity contribution is 6.01. The van der Waals surface area contributed by atoms with Crippen LogP contribution < -0.4 is 5.32 Å². The summed E-state index contributed by atoms with van der Waals surface area (Å²) in [6, 6.07) is 8.26. The van der Waals surface area contributed by atoms with E-state index in [9.17, 15) is 9.59 Å². The molecular formula is C20H24N2O3. The van der Waals surface area contributed by atoms with Gasteiger partial charge in [0.15, 0.2) is 0 Å². The van der Waals surface area contributed by atoms with E-state index in [1.165, 1.54) is 11.1 Å². The molecule has 0 saturated carbocycles. The second-order valence-corrected chi connectivity index (χ2v) is 6.46. The van der Waals surface area contributed by atoms with Crippen LogP contribution in [-0.2, 0) is 11.2 Å². The minimum atomic E-state index is -0.426. The van der Waals surface area contributed by atoms with Crippen LogP contribution in [0.1, 0.15) is 69.0 Å². The molecule has 1 aliphatic rings. The molecular weight excluding hydrogens is 316 g/mol. The summed E-state index contributed by atoms with van der Waals surface area (Å²) in [5.74, 6) is -0.575. The molecule has 0 bridgehead atoms. The standard InChI is InChI=1S/C20H24N2O3/c1-4-25-20(24)18-12(2)17(13(3)21-18)19(23)22-16-11-7-9-14-8-5-6-10-15(14)16/h5-6,8,10,16,21H,4,7,9,11H2,1-3H3,(H,22,23)/t16-/m0/s1. The molecule has 0 unspecified atom stereocenters. The minimum Gasteiger partial charge on any atom is -0.461 e. The van der Waals surface area contributed by atoms with Crippen LogP contribution in [0, 0.1) is 13.8 Å². The Morgan fingerprint density at radius 3 is 2.80 bits per heavy atom. The molecule has 5 nitrogen and oxygen atoms in total. The molecule has 1 atom stereocenters. The van der Waals surface area contributed by atoms with Gasteiger partial charge in [0.25, 0.3) is 5.91 Å². The third-order valence-corrected chi connectivity index (χ3v) is 4.82. The highest BCUT2D eigenvalue weighted by Crippen LogP contribution is 2.30. The van der Waals surface area contributed by atoms with E-state index in [0.717, 1.165) is 19.3 Å². The van der Waals surface area contributed by atoms with Gasteiger partial charge in [-0.3, -0.25) is 4.79 Å².